The van der Waals surface area contributed by atoms with Crippen LogP contribution in [0.3, 0.4) is 0 Å². The van der Waals surface area contributed by atoms with Crippen molar-refractivity contribution in [2.75, 3.05) is 6.54 Å². The molecule has 0 radical (unpaired) electrons. The molecule has 1 fully saturated rings. The number of hydrogen-bond donors (Lipinski definition) is 1. The Labute approximate surface area is 128 Å². The highest BCUT2D eigenvalue weighted by molar-refractivity contribution is 6.35. The number of nitrogens with two attached hydrogens (primary N) is 1. The molecule has 0 saturated carbocycles. The van der Waals surface area contributed by atoms with Crippen molar-refractivity contribution >= 4 is 40.8 Å². The molecule has 20 heavy (non-hydrogen) atoms. The second-order valence-electron chi connectivity index (χ2n) is 4.80. The van der Waals surface area contributed by atoms with Crippen LogP contribution >= 0.6 is 24.0 Å². The number of aromatic nitrogens is 1. The zero-order valence-electron chi connectivity index (χ0n) is 10.8. The normalized spacial score (nSPS) is 18.4. The lowest BCUT2D eigenvalue weighted by Crippen LogP contribution is -2.33. The first-order valence-corrected chi connectivity index (χ1v) is 6.60. The molecule has 1 aliphatic rings. The van der Waals surface area contributed by atoms with Crippen molar-refractivity contribution in [1.29, 1.82) is 0 Å². The first-order valence-electron chi connectivity index (χ1n) is 6.22. The first-order chi connectivity index (χ1) is 9.15. The lowest BCUT2D eigenvalue weighted by molar-refractivity contribution is -0.129. The highest BCUT2D eigenvalue weighted by atomic mass is 35.5. The molecule has 1 saturated heterocycles. The number of carbonyl (C=O) groups is 1. The monoisotopic (exact) mass is 311 g/mol. The predicted octanol–water partition coefficient (Wildman–Crippen LogP) is 2.37. The molecule has 106 valence electrons. The van der Waals surface area contributed by atoms with Crippen molar-refractivity contribution in [3.8, 4) is 0 Å². The number of rotatable bonds is 2. The summed E-state index contributed by atoms with van der Waals surface area (Å²) in [6.45, 7) is 1.30. The smallest absolute Gasteiger partial charge is 0.239 e. The van der Waals surface area contributed by atoms with Crippen molar-refractivity contribution in [3.05, 3.63) is 41.0 Å². The summed E-state index contributed by atoms with van der Waals surface area (Å²) in [5.74, 6) is 0.0254. The molecular formula is C14H15Cl2N3O. The van der Waals surface area contributed by atoms with E-state index in [1.807, 2.05) is 18.2 Å². The van der Waals surface area contributed by atoms with Crippen molar-refractivity contribution in [1.82, 2.24) is 9.88 Å². The van der Waals surface area contributed by atoms with E-state index in [-0.39, 0.29) is 24.4 Å². The fourth-order valence-corrected chi connectivity index (χ4v) is 2.61. The minimum Gasteiger partial charge on any atom is -0.337 e. The Balaban J connectivity index is 0.00000147. The van der Waals surface area contributed by atoms with Gasteiger partial charge in [0.1, 0.15) is 0 Å². The molecule has 2 aromatic rings. The molecule has 0 aliphatic carbocycles. The van der Waals surface area contributed by atoms with E-state index in [1.54, 1.807) is 17.2 Å². The van der Waals surface area contributed by atoms with Gasteiger partial charge in [-0.1, -0.05) is 17.7 Å². The highest BCUT2D eigenvalue weighted by Gasteiger charge is 2.28. The predicted molar refractivity (Wildman–Crippen MR) is 82.0 cm³/mol. The first kappa shape index (κ1) is 15.0. The topological polar surface area (TPSA) is 59.2 Å². The van der Waals surface area contributed by atoms with Crippen LogP contribution in [0.1, 0.15) is 12.0 Å². The summed E-state index contributed by atoms with van der Waals surface area (Å²) in [4.78, 5) is 17.8. The standard InChI is InChI=1S/C14H14ClN3O.ClH/c15-11-3-5-17-13-2-1-9(7-10(11)13)8-18-6-4-12(16)14(18)19;/h1-3,5,7,12H,4,6,8,16H2;1H. The summed E-state index contributed by atoms with van der Waals surface area (Å²) in [5, 5.41) is 1.59. The van der Waals surface area contributed by atoms with Gasteiger partial charge in [-0.3, -0.25) is 9.78 Å². The van der Waals surface area contributed by atoms with E-state index >= 15 is 0 Å². The summed E-state index contributed by atoms with van der Waals surface area (Å²) in [6.07, 6.45) is 2.42. The third-order valence-electron chi connectivity index (χ3n) is 3.47. The molecule has 4 nitrogen and oxygen atoms in total. The zero-order valence-corrected chi connectivity index (χ0v) is 12.3. The summed E-state index contributed by atoms with van der Waals surface area (Å²) in [6, 6.07) is 7.32. The average molecular weight is 312 g/mol. The highest BCUT2D eigenvalue weighted by Crippen LogP contribution is 2.23. The fourth-order valence-electron chi connectivity index (χ4n) is 2.40. The van der Waals surface area contributed by atoms with Crippen molar-refractivity contribution in [2.45, 2.75) is 19.0 Å². The fraction of sp³-hybridized carbons (Fsp3) is 0.286. The van der Waals surface area contributed by atoms with Crippen LogP contribution in [0, 0.1) is 0 Å². The van der Waals surface area contributed by atoms with Crippen molar-refractivity contribution < 1.29 is 4.79 Å². The third kappa shape index (κ3) is 2.73. The van der Waals surface area contributed by atoms with Gasteiger partial charge >= 0.3 is 0 Å². The van der Waals surface area contributed by atoms with Crippen LogP contribution in [-0.2, 0) is 11.3 Å². The maximum Gasteiger partial charge on any atom is 0.239 e. The molecular weight excluding hydrogens is 297 g/mol. The van der Waals surface area contributed by atoms with Crippen LogP contribution in [0.15, 0.2) is 30.5 Å². The van der Waals surface area contributed by atoms with E-state index in [1.165, 1.54) is 0 Å². The van der Waals surface area contributed by atoms with Gasteiger partial charge in [-0.05, 0) is 30.2 Å². The minimum absolute atomic E-state index is 0. The third-order valence-corrected chi connectivity index (χ3v) is 3.79. The van der Waals surface area contributed by atoms with E-state index in [0.717, 1.165) is 29.4 Å². The number of amides is 1. The summed E-state index contributed by atoms with van der Waals surface area (Å²) in [7, 11) is 0. The number of fused-ring (bicyclic) bond motifs is 1. The van der Waals surface area contributed by atoms with Crippen LogP contribution in [0.25, 0.3) is 10.9 Å². The van der Waals surface area contributed by atoms with Crippen LogP contribution in [0.5, 0.6) is 0 Å². The molecule has 1 aromatic heterocycles. The van der Waals surface area contributed by atoms with E-state index in [4.69, 9.17) is 17.3 Å². The van der Waals surface area contributed by atoms with Crippen molar-refractivity contribution in [3.63, 3.8) is 0 Å². The van der Waals surface area contributed by atoms with Crippen molar-refractivity contribution in [2.24, 2.45) is 5.73 Å². The second kappa shape index (κ2) is 5.95. The molecule has 2 heterocycles. The second-order valence-corrected chi connectivity index (χ2v) is 5.21. The Morgan fingerprint density at radius 2 is 2.20 bits per heavy atom. The number of benzene rings is 1. The van der Waals surface area contributed by atoms with Gasteiger partial charge in [0.2, 0.25) is 5.91 Å². The molecule has 1 amide bonds. The number of carbonyl (C=O) groups excluding carboxylic acids is 1. The van der Waals surface area contributed by atoms with Gasteiger partial charge in [0.25, 0.3) is 0 Å². The largest absolute Gasteiger partial charge is 0.337 e. The van der Waals surface area contributed by atoms with E-state index in [2.05, 4.69) is 4.98 Å². The lowest BCUT2D eigenvalue weighted by Gasteiger charge is -2.16. The molecule has 2 N–H and O–H groups in total. The van der Waals surface area contributed by atoms with Gasteiger partial charge in [0.05, 0.1) is 16.6 Å². The molecule has 1 unspecified atom stereocenters. The lowest BCUT2D eigenvalue weighted by atomic mass is 10.1. The Bertz CT molecular complexity index is 647. The zero-order chi connectivity index (χ0) is 13.4. The Hall–Kier alpha value is -1.36. The molecule has 1 atom stereocenters. The number of halogens is 2. The molecule has 0 spiro atoms. The molecule has 1 aliphatic heterocycles. The van der Waals surface area contributed by atoms with E-state index in [0.29, 0.717) is 11.6 Å². The quantitative estimate of drug-likeness (QED) is 0.926. The molecule has 3 rings (SSSR count). The molecule has 0 bridgehead atoms. The van der Waals surface area contributed by atoms with Gasteiger partial charge in [-0.2, -0.15) is 0 Å². The summed E-state index contributed by atoms with van der Waals surface area (Å²) >= 11 is 6.16. The Kier molecular flexibility index (Phi) is 4.48. The number of pyridine rings is 1. The number of likely N-dealkylation sites (tertiary alicyclic amines) is 1. The summed E-state index contributed by atoms with van der Waals surface area (Å²) in [5.41, 5.74) is 7.62. The van der Waals surface area contributed by atoms with Gasteiger partial charge in [-0.15, -0.1) is 12.4 Å². The Morgan fingerprint density at radius 1 is 1.40 bits per heavy atom. The van der Waals surface area contributed by atoms with E-state index < -0.39 is 0 Å². The summed E-state index contributed by atoms with van der Waals surface area (Å²) < 4.78 is 0. The molecule has 1 aromatic carbocycles. The Morgan fingerprint density at radius 3 is 2.90 bits per heavy atom. The average Bonchev–Trinajstić information content (AvgIpc) is 2.72. The maximum absolute atomic E-state index is 11.8. The number of hydrogen-bond acceptors (Lipinski definition) is 3. The van der Waals surface area contributed by atoms with Gasteiger partial charge in [0, 0.05) is 24.7 Å². The molecule has 6 heteroatoms. The number of nitrogens with zero attached hydrogens (tertiary/aromatic N) is 2. The van der Waals surface area contributed by atoms with E-state index in [9.17, 15) is 4.79 Å². The van der Waals surface area contributed by atoms with Gasteiger partial charge in [-0.25, -0.2) is 0 Å². The maximum atomic E-state index is 11.8. The van der Waals surface area contributed by atoms with Crippen LogP contribution in [0.4, 0.5) is 0 Å². The van der Waals surface area contributed by atoms with Crippen LogP contribution in [-0.4, -0.2) is 28.4 Å². The van der Waals surface area contributed by atoms with Crippen LogP contribution in [0.2, 0.25) is 5.02 Å². The SMILES string of the molecule is Cl.NC1CCN(Cc2ccc3nccc(Cl)c3c2)C1=O. The minimum atomic E-state index is -0.342. The van der Waals surface area contributed by atoms with Crippen LogP contribution < -0.4 is 5.73 Å². The van der Waals surface area contributed by atoms with Gasteiger partial charge in [0.15, 0.2) is 0 Å². The van der Waals surface area contributed by atoms with Gasteiger partial charge < -0.3 is 10.6 Å².